The van der Waals surface area contributed by atoms with Crippen molar-refractivity contribution >= 4 is 82.9 Å². The first-order valence-electron chi connectivity index (χ1n) is 1.51. The Morgan fingerprint density at radius 3 is 0.667 bits per heavy atom. The number of halogens is 8. The molecule has 0 N–H and O–H groups in total. The Hall–Kier alpha value is 3.96. The third-order valence-corrected chi connectivity index (χ3v) is 0. The quantitative estimate of drug-likeness (QED) is 0.339. The molecule has 0 saturated heterocycles. The molecule has 0 unspecified atom stereocenters. The summed E-state index contributed by atoms with van der Waals surface area (Å²) < 4.78 is -6.25. The van der Waals surface area contributed by atoms with Crippen LogP contribution in [0.25, 0.3) is 0 Å². The maximum atomic E-state index is 5.69. The Balaban J connectivity index is 5.84. The van der Waals surface area contributed by atoms with Gasteiger partial charge in [-0.05, 0) is 0 Å². The zero-order valence-corrected chi connectivity index (χ0v) is 15.3. The second-order valence-electron chi connectivity index (χ2n) is 2.00. The van der Waals surface area contributed by atoms with Crippen LogP contribution >= 0.6 is 82.9 Å². The molecule has 0 aliphatic carbocycles. The average Bonchev–Trinajstić information content (AvgIpc) is 0.503. The summed E-state index contributed by atoms with van der Waals surface area (Å²) in [5, 5.41) is 0. The molecule has 9 heavy (non-hydrogen) atoms. The second kappa shape index (κ2) is 1.41. The standard InChI is InChI=1S/4BrH.4ClH.Zr/h8*1H;/q;;;;;;;;+8/p-8. The molecule has 0 aromatic carbocycles. The maximum absolute atomic E-state index is 6.25. The van der Waals surface area contributed by atoms with Crippen LogP contribution in [0.5, 0.6) is 0 Å². The van der Waals surface area contributed by atoms with Crippen LogP contribution in [-0.4, -0.2) is 0 Å². The van der Waals surface area contributed by atoms with Gasteiger partial charge in [0.15, 0.2) is 0 Å². The molecule has 0 bridgehead atoms. The van der Waals surface area contributed by atoms with Crippen molar-refractivity contribution in [2.75, 3.05) is 0 Å². The zero-order valence-electron chi connectivity index (χ0n) is 3.52. The molecule has 0 aromatic heterocycles. The first kappa shape index (κ1) is 13.0. The van der Waals surface area contributed by atoms with Gasteiger partial charge in [-0.15, -0.1) is 0 Å². The predicted octanol–water partition coefficient (Wildman–Crippen LogP) is 6.14. The summed E-state index contributed by atoms with van der Waals surface area (Å²) in [6.45, 7) is 0. The fraction of sp³-hybridized carbons (Fsp3) is 0. The fourth-order valence-corrected chi connectivity index (χ4v) is 0. The molecule has 9 heteroatoms. The van der Waals surface area contributed by atoms with Crippen LogP contribution in [0, 0.1) is 0 Å². The van der Waals surface area contributed by atoms with Crippen LogP contribution < -0.4 is 0 Å². The van der Waals surface area contributed by atoms with E-state index in [1.807, 2.05) is 0 Å². The van der Waals surface area contributed by atoms with Crippen molar-refractivity contribution in [1.82, 2.24) is 0 Å². The second-order valence-corrected chi connectivity index (χ2v) is 197. The van der Waals surface area contributed by atoms with Crippen molar-refractivity contribution in [2.24, 2.45) is 0 Å². The normalized spacial score (nSPS) is 31.1. The van der Waals surface area contributed by atoms with Gasteiger partial charge < -0.3 is 0 Å². The molecule has 0 heterocycles. The molecule has 0 spiro atoms. The van der Waals surface area contributed by atoms with Gasteiger partial charge in [0.05, 0.1) is 0 Å². The summed E-state index contributed by atoms with van der Waals surface area (Å²) in [5.74, 6) is 0. The van der Waals surface area contributed by atoms with Crippen LogP contribution in [0.15, 0.2) is 0 Å². The van der Waals surface area contributed by atoms with Gasteiger partial charge in [-0.1, -0.05) is 0 Å². The molecular formula is Br4Cl4Zr. The monoisotopic (exact) mass is 545 g/mol. The van der Waals surface area contributed by atoms with Crippen LogP contribution in [0.4, 0.5) is 0 Å². The van der Waals surface area contributed by atoms with Crippen molar-refractivity contribution in [3.05, 3.63) is 0 Å². The van der Waals surface area contributed by atoms with Gasteiger partial charge in [-0.25, -0.2) is 0 Å². The van der Waals surface area contributed by atoms with E-state index < -0.39 is 0.160 Å². The summed E-state index contributed by atoms with van der Waals surface area (Å²) in [6, 6.07) is 0. The Morgan fingerprint density at radius 2 is 0.667 bits per heavy atom. The molecule has 0 fully saturated rings. The predicted molar refractivity (Wildman–Crippen MR) is 59.1 cm³/mol. The Kier molecular flexibility index (Phi) is 2.03. The van der Waals surface area contributed by atoms with Gasteiger partial charge in [-0.3, -0.25) is 0 Å². The van der Waals surface area contributed by atoms with Gasteiger partial charge in [0.1, 0.15) is 0 Å². The van der Waals surface area contributed by atoms with E-state index in [4.69, 9.17) is 34.1 Å². The van der Waals surface area contributed by atoms with Crippen LogP contribution in [-0.2, 0) is 0.160 Å². The van der Waals surface area contributed by atoms with Gasteiger partial charge in [-0.2, -0.15) is 0 Å². The number of rotatable bonds is 0. The molecule has 0 nitrogen and oxygen atoms in total. The molecule has 0 radical (unpaired) electrons. The van der Waals surface area contributed by atoms with Gasteiger partial charge in [0, 0.05) is 0 Å². The third-order valence-electron chi connectivity index (χ3n) is 0. The van der Waals surface area contributed by atoms with Crippen LogP contribution in [0.3, 0.4) is 0 Å². The van der Waals surface area contributed by atoms with Gasteiger partial charge in [0.25, 0.3) is 0 Å². The fourth-order valence-electron chi connectivity index (χ4n) is 0. The number of hydrogen-bond donors (Lipinski definition) is 0. The molecular weight excluding hydrogens is 553 g/mol. The van der Waals surface area contributed by atoms with Gasteiger partial charge >= 0.3 is 83.1 Å². The van der Waals surface area contributed by atoms with E-state index in [1.165, 1.54) is 0 Å². The average molecular weight is 553 g/mol. The van der Waals surface area contributed by atoms with Crippen molar-refractivity contribution < 1.29 is 0.160 Å². The SMILES string of the molecule is [Cl][Zr]([Cl])([Cl])([Cl])([Br])([Br])([Br])[Br]. The van der Waals surface area contributed by atoms with E-state index in [1.54, 1.807) is 0 Å². The molecule has 0 saturated carbocycles. The minimum absolute atomic E-state index is 2.78. The van der Waals surface area contributed by atoms with E-state index in [0.717, 1.165) is 0 Å². The number of hydrogen-bond acceptors (Lipinski definition) is 0. The summed E-state index contributed by atoms with van der Waals surface area (Å²) in [6.07, 6.45) is 0. The molecule has 0 atom stereocenters. The first-order valence-corrected chi connectivity index (χ1v) is 36.7. The molecule has 0 aliphatic heterocycles. The van der Waals surface area contributed by atoms with E-state index in [0.29, 0.717) is 0 Å². The Morgan fingerprint density at radius 1 is 0.667 bits per heavy atom. The Bertz CT molecular complexity index is 147. The van der Waals surface area contributed by atoms with E-state index in [9.17, 15) is 0 Å². The van der Waals surface area contributed by atoms with Crippen molar-refractivity contribution in [3.8, 4) is 0 Å². The van der Waals surface area contributed by atoms with Crippen molar-refractivity contribution in [3.63, 3.8) is 0 Å². The van der Waals surface area contributed by atoms with Crippen LogP contribution in [0.1, 0.15) is 0 Å². The molecule has 0 rings (SSSR count). The van der Waals surface area contributed by atoms with E-state index >= 15 is 0 Å². The van der Waals surface area contributed by atoms with Crippen LogP contribution in [0.2, 0.25) is 0 Å². The van der Waals surface area contributed by atoms with Crippen molar-refractivity contribution in [2.45, 2.75) is 0 Å². The zero-order chi connectivity index (χ0) is 8.35. The van der Waals surface area contributed by atoms with Gasteiger partial charge in [0.2, 0.25) is 0 Å². The third kappa shape index (κ3) is 75.6. The topological polar surface area (TPSA) is 0 Å². The molecule has 0 aliphatic rings. The van der Waals surface area contributed by atoms with Crippen molar-refractivity contribution in [1.29, 1.82) is 0 Å². The minimum atomic E-state index is -6.25. The molecule has 0 aromatic rings. The molecule has 60 valence electrons. The first-order chi connectivity index (χ1) is 2.83. The summed E-state index contributed by atoms with van der Waals surface area (Å²) in [5.41, 5.74) is 0. The summed E-state index contributed by atoms with van der Waals surface area (Å²) >= 11 is 11.1. The van der Waals surface area contributed by atoms with E-state index in [-0.39, 0.29) is 0 Å². The molecule has 0 amide bonds. The summed E-state index contributed by atoms with van der Waals surface area (Å²) in [4.78, 5) is 0. The van der Waals surface area contributed by atoms with E-state index in [2.05, 4.69) is 48.9 Å². The summed E-state index contributed by atoms with van der Waals surface area (Å²) in [7, 11) is 22.8. The Labute approximate surface area is 80.6 Å².